The molecule has 0 aliphatic heterocycles. The third-order valence-corrected chi connectivity index (χ3v) is 6.23. The fourth-order valence-electron chi connectivity index (χ4n) is 4.59. The largest absolute Gasteiger partial charge is 3.00 e. The second-order valence-corrected chi connectivity index (χ2v) is 10.5. The summed E-state index contributed by atoms with van der Waals surface area (Å²) in [6.45, 7) is 13.5. The molecule has 0 amide bonds. The summed E-state index contributed by atoms with van der Waals surface area (Å²) in [6, 6.07) is 19.0. The number of methoxy groups -OCH3 is 2. The molecule has 0 unspecified atom stereocenters. The van der Waals surface area contributed by atoms with E-state index in [1.807, 2.05) is 12.1 Å². The molecule has 5 heteroatoms. The van der Waals surface area contributed by atoms with Crippen molar-refractivity contribution in [2.75, 3.05) is 14.2 Å². The van der Waals surface area contributed by atoms with Crippen molar-refractivity contribution in [3.05, 3.63) is 70.8 Å². The quantitative estimate of drug-likeness (QED) is 0.308. The average molecular weight is 665 g/mol. The SMILES string of the molecule is COc1ccccc1-c1[c-]c2c(cc1C(C)(C)C)-c1cc(C(C)(C)C)c(OC)cc1C2.[Br-].[Br-].[Zr+3]. The summed E-state index contributed by atoms with van der Waals surface area (Å²) >= 11 is 0. The molecule has 1 radical (unpaired) electrons. The maximum absolute atomic E-state index is 5.77. The van der Waals surface area contributed by atoms with E-state index in [0.29, 0.717) is 0 Å². The molecule has 0 saturated carbocycles. The molecule has 3 aromatic rings. The molecule has 1 aliphatic rings. The first-order chi connectivity index (χ1) is 14.5. The minimum Gasteiger partial charge on any atom is -1.00 e. The summed E-state index contributed by atoms with van der Waals surface area (Å²) in [7, 11) is 3.50. The van der Waals surface area contributed by atoms with Crippen LogP contribution in [0.5, 0.6) is 11.5 Å². The smallest absolute Gasteiger partial charge is 1.00 e. The summed E-state index contributed by atoms with van der Waals surface area (Å²) in [6.07, 6.45) is 0.873. The Labute approximate surface area is 245 Å². The van der Waals surface area contributed by atoms with Gasteiger partial charge in [-0.05, 0) is 40.5 Å². The van der Waals surface area contributed by atoms with Gasteiger partial charge in [0, 0.05) is 0 Å². The van der Waals surface area contributed by atoms with Crippen molar-refractivity contribution in [1.82, 2.24) is 0 Å². The molecule has 0 bridgehead atoms. The van der Waals surface area contributed by atoms with Crippen molar-refractivity contribution in [2.45, 2.75) is 58.8 Å². The standard InChI is InChI=1S/C29H33O2.2BrH.Zr/c1-28(2,3)24-16-21-18(14-23(24)20-11-9-10-12-26(20)30-7)13-19-15-27(31-8)25(17-22(19)21)29(4,5)6;;;/h9-12,15-17H,13H2,1-8H3;2*1H;/q-1;;;+3/p-2. The van der Waals surface area contributed by atoms with E-state index in [2.05, 4.69) is 77.9 Å². The van der Waals surface area contributed by atoms with E-state index in [9.17, 15) is 0 Å². The van der Waals surface area contributed by atoms with Gasteiger partial charge in [-0.25, -0.2) is 0 Å². The van der Waals surface area contributed by atoms with Crippen LogP contribution >= 0.6 is 0 Å². The Balaban J connectivity index is 0.00000193. The summed E-state index contributed by atoms with van der Waals surface area (Å²) < 4.78 is 11.5. The Morgan fingerprint density at radius 1 is 0.706 bits per heavy atom. The normalized spacial score (nSPS) is 11.9. The van der Waals surface area contributed by atoms with Crippen molar-refractivity contribution in [3.63, 3.8) is 0 Å². The van der Waals surface area contributed by atoms with Crippen molar-refractivity contribution in [2.24, 2.45) is 0 Å². The van der Waals surface area contributed by atoms with Crippen LogP contribution in [0, 0.1) is 6.07 Å². The maximum atomic E-state index is 5.77. The number of fused-ring (bicyclic) bond motifs is 3. The van der Waals surface area contributed by atoms with Crippen LogP contribution in [0.1, 0.15) is 63.8 Å². The Kier molecular flexibility index (Phi) is 10.5. The predicted octanol–water partition coefficient (Wildman–Crippen LogP) is 1.34. The molecule has 4 rings (SSSR count). The number of hydrogen-bond donors (Lipinski definition) is 0. The van der Waals surface area contributed by atoms with Gasteiger partial charge in [0.25, 0.3) is 0 Å². The fraction of sp³-hybridized carbons (Fsp3) is 0.379. The van der Waals surface area contributed by atoms with Crippen LogP contribution in [0.25, 0.3) is 22.3 Å². The first kappa shape index (κ1) is 31.1. The Hall–Kier alpha value is -0.897. The zero-order valence-corrected chi connectivity index (χ0v) is 27.0. The monoisotopic (exact) mass is 661 g/mol. The number of ether oxygens (including phenoxy) is 2. The second kappa shape index (κ2) is 11.4. The van der Waals surface area contributed by atoms with Gasteiger partial charge in [0.15, 0.2) is 0 Å². The van der Waals surface area contributed by atoms with Gasteiger partial charge in [-0.15, -0.1) is 28.8 Å². The summed E-state index contributed by atoms with van der Waals surface area (Å²) in [5.74, 6) is 1.86. The van der Waals surface area contributed by atoms with Crippen molar-refractivity contribution >= 4 is 0 Å². The molecular weight excluding hydrogens is 631 g/mol. The van der Waals surface area contributed by atoms with Crippen molar-refractivity contribution in [1.29, 1.82) is 0 Å². The Bertz CT molecular complexity index is 1160. The van der Waals surface area contributed by atoms with Gasteiger partial charge in [-0.1, -0.05) is 82.5 Å². The Morgan fingerprint density at radius 3 is 1.82 bits per heavy atom. The average Bonchev–Trinajstić information content (AvgIpc) is 3.07. The molecule has 2 nitrogen and oxygen atoms in total. The molecule has 0 aromatic heterocycles. The Morgan fingerprint density at radius 2 is 1.26 bits per heavy atom. The minimum absolute atomic E-state index is 0. The van der Waals surface area contributed by atoms with Crippen LogP contribution in [0.3, 0.4) is 0 Å². The van der Waals surface area contributed by atoms with E-state index in [0.717, 1.165) is 29.0 Å². The molecule has 0 atom stereocenters. The van der Waals surface area contributed by atoms with Gasteiger partial charge in [0.2, 0.25) is 0 Å². The van der Waals surface area contributed by atoms with Crippen molar-refractivity contribution in [3.8, 4) is 33.8 Å². The van der Waals surface area contributed by atoms with E-state index >= 15 is 0 Å². The van der Waals surface area contributed by atoms with E-state index in [1.165, 1.54) is 33.4 Å². The number of hydrogen-bond acceptors (Lipinski definition) is 2. The molecule has 0 heterocycles. The predicted molar refractivity (Wildman–Crippen MR) is 129 cm³/mol. The van der Waals surface area contributed by atoms with Gasteiger partial charge in [0.05, 0.1) is 20.0 Å². The summed E-state index contributed by atoms with van der Waals surface area (Å²) in [4.78, 5) is 0. The molecule has 0 fully saturated rings. The molecule has 1 aliphatic carbocycles. The first-order valence-electron chi connectivity index (χ1n) is 11.0. The number of halogens is 2. The van der Waals surface area contributed by atoms with E-state index < -0.39 is 0 Å². The zero-order chi connectivity index (χ0) is 22.6. The molecule has 0 spiro atoms. The van der Waals surface area contributed by atoms with Gasteiger partial charge < -0.3 is 43.4 Å². The van der Waals surface area contributed by atoms with Gasteiger partial charge in [-0.3, -0.25) is 0 Å². The summed E-state index contributed by atoms with van der Waals surface area (Å²) in [5.41, 5.74) is 9.93. The molecular formula is C29H33Br2O2Zr. The van der Waals surface area contributed by atoms with E-state index in [-0.39, 0.29) is 71.0 Å². The van der Waals surface area contributed by atoms with Crippen LogP contribution < -0.4 is 43.4 Å². The second-order valence-electron chi connectivity index (χ2n) is 10.5. The molecule has 34 heavy (non-hydrogen) atoms. The molecule has 3 aromatic carbocycles. The van der Waals surface area contributed by atoms with Crippen LogP contribution in [-0.2, 0) is 43.5 Å². The zero-order valence-electron chi connectivity index (χ0n) is 21.3. The van der Waals surface area contributed by atoms with Gasteiger partial charge in [-0.2, -0.15) is 0 Å². The van der Waals surface area contributed by atoms with E-state index in [1.54, 1.807) is 14.2 Å². The number of para-hydroxylation sites is 1. The number of benzene rings is 3. The fourth-order valence-corrected chi connectivity index (χ4v) is 4.59. The van der Waals surface area contributed by atoms with Gasteiger partial charge >= 0.3 is 26.2 Å². The van der Waals surface area contributed by atoms with Crippen LogP contribution in [0.2, 0.25) is 0 Å². The molecule has 0 saturated heterocycles. The van der Waals surface area contributed by atoms with Gasteiger partial charge in [0.1, 0.15) is 5.75 Å². The van der Waals surface area contributed by atoms with Crippen molar-refractivity contribution < 1.29 is 69.6 Å². The van der Waals surface area contributed by atoms with Crippen LogP contribution in [0.15, 0.2) is 42.5 Å². The third-order valence-electron chi connectivity index (χ3n) is 6.23. The topological polar surface area (TPSA) is 18.5 Å². The van der Waals surface area contributed by atoms with Crippen LogP contribution in [0.4, 0.5) is 0 Å². The number of rotatable bonds is 3. The van der Waals surface area contributed by atoms with E-state index in [4.69, 9.17) is 9.47 Å². The third kappa shape index (κ3) is 5.74. The molecule has 179 valence electrons. The first-order valence-corrected chi connectivity index (χ1v) is 11.0. The molecule has 0 N–H and O–H groups in total. The maximum Gasteiger partial charge on any atom is 3.00 e. The summed E-state index contributed by atoms with van der Waals surface area (Å²) in [5, 5.41) is 0. The van der Waals surface area contributed by atoms with Crippen LogP contribution in [-0.4, -0.2) is 14.2 Å². The minimum atomic E-state index is -0.0240.